The van der Waals surface area contributed by atoms with E-state index in [1.165, 1.54) is 16.0 Å². The van der Waals surface area contributed by atoms with Crippen molar-refractivity contribution in [1.29, 1.82) is 0 Å². The number of urea groups is 1. The highest BCUT2D eigenvalue weighted by Gasteiger charge is 2.55. The second kappa shape index (κ2) is 11.3. The van der Waals surface area contributed by atoms with Gasteiger partial charge >= 0.3 is 12.0 Å². The lowest BCUT2D eigenvalue weighted by molar-refractivity contribution is -0.150. The van der Waals surface area contributed by atoms with Gasteiger partial charge in [-0.05, 0) is 106 Å². The Hall–Kier alpha value is -2.57. The maximum Gasteiger partial charge on any atom is 0.327 e. The number of aliphatic carboxylic acids is 1. The lowest BCUT2D eigenvalue weighted by Gasteiger charge is -2.39. The van der Waals surface area contributed by atoms with E-state index in [-0.39, 0.29) is 11.9 Å². The maximum atomic E-state index is 12.4. The van der Waals surface area contributed by atoms with Crippen LogP contribution in [0.4, 0.5) is 4.79 Å². The SMILES string of the molecule is CC1(C(=O)O)CCC(c2ccc(Cl)cc2)CC1.CN1C(=O)N(C)C2(CCC(c3ccc(Cl)cc3)CC2)C1=O. The van der Waals surface area contributed by atoms with Gasteiger partial charge in [-0.3, -0.25) is 14.5 Å². The zero-order valence-corrected chi connectivity index (χ0v) is 23.8. The predicted molar refractivity (Wildman–Crippen MR) is 150 cm³/mol. The van der Waals surface area contributed by atoms with Crippen molar-refractivity contribution in [2.75, 3.05) is 14.1 Å². The van der Waals surface area contributed by atoms with Crippen molar-refractivity contribution in [2.24, 2.45) is 5.41 Å². The van der Waals surface area contributed by atoms with Crippen LogP contribution in [0, 0.1) is 5.41 Å². The molecule has 2 aliphatic carbocycles. The first-order chi connectivity index (χ1) is 18.0. The van der Waals surface area contributed by atoms with Gasteiger partial charge in [0.15, 0.2) is 0 Å². The molecule has 5 rings (SSSR count). The van der Waals surface area contributed by atoms with Crippen LogP contribution in [0.25, 0.3) is 0 Å². The highest BCUT2D eigenvalue weighted by Crippen LogP contribution is 2.45. The van der Waals surface area contributed by atoms with Crippen LogP contribution in [0.5, 0.6) is 0 Å². The number of hydrogen-bond donors (Lipinski definition) is 1. The Morgan fingerprint density at radius 1 is 0.789 bits per heavy atom. The summed E-state index contributed by atoms with van der Waals surface area (Å²) in [6.07, 6.45) is 6.70. The van der Waals surface area contributed by atoms with E-state index in [0.29, 0.717) is 11.8 Å². The van der Waals surface area contributed by atoms with Crippen LogP contribution >= 0.6 is 23.2 Å². The summed E-state index contributed by atoms with van der Waals surface area (Å²) in [5.41, 5.74) is 1.40. The molecule has 0 bridgehead atoms. The van der Waals surface area contributed by atoms with Gasteiger partial charge in [-0.1, -0.05) is 47.5 Å². The molecule has 204 valence electrons. The molecule has 8 heteroatoms. The van der Waals surface area contributed by atoms with Gasteiger partial charge in [0, 0.05) is 24.1 Å². The maximum absolute atomic E-state index is 12.4. The minimum absolute atomic E-state index is 0.0513. The van der Waals surface area contributed by atoms with E-state index in [1.807, 2.05) is 31.2 Å². The van der Waals surface area contributed by atoms with Gasteiger partial charge in [0.05, 0.1) is 5.41 Å². The van der Waals surface area contributed by atoms with Crippen LogP contribution in [0.15, 0.2) is 48.5 Å². The molecule has 2 aromatic rings. The van der Waals surface area contributed by atoms with Crippen molar-refractivity contribution in [3.63, 3.8) is 0 Å². The summed E-state index contributed by atoms with van der Waals surface area (Å²) in [6, 6.07) is 15.7. The number of benzene rings is 2. The van der Waals surface area contributed by atoms with Gasteiger partial charge in [0.1, 0.15) is 5.54 Å². The van der Waals surface area contributed by atoms with Crippen molar-refractivity contribution < 1.29 is 19.5 Å². The zero-order valence-electron chi connectivity index (χ0n) is 22.3. The molecule has 1 N–H and O–H groups in total. The van der Waals surface area contributed by atoms with Crippen molar-refractivity contribution >= 4 is 41.1 Å². The van der Waals surface area contributed by atoms with Crippen LogP contribution in [-0.2, 0) is 9.59 Å². The van der Waals surface area contributed by atoms with Gasteiger partial charge < -0.3 is 10.0 Å². The van der Waals surface area contributed by atoms with E-state index >= 15 is 0 Å². The largest absolute Gasteiger partial charge is 0.481 e. The Morgan fingerprint density at radius 3 is 1.53 bits per heavy atom. The number of imide groups is 1. The van der Waals surface area contributed by atoms with Gasteiger partial charge in [0.2, 0.25) is 0 Å². The number of hydrogen-bond acceptors (Lipinski definition) is 3. The van der Waals surface area contributed by atoms with E-state index in [1.54, 1.807) is 19.0 Å². The fourth-order valence-electron chi connectivity index (χ4n) is 6.20. The minimum atomic E-state index is -0.660. The molecule has 3 fully saturated rings. The number of amides is 3. The minimum Gasteiger partial charge on any atom is -0.481 e. The smallest absolute Gasteiger partial charge is 0.327 e. The van der Waals surface area contributed by atoms with E-state index in [2.05, 4.69) is 24.3 Å². The summed E-state index contributed by atoms with van der Waals surface area (Å²) >= 11 is 11.8. The Morgan fingerprint density at radius 2 is 1.18 bits per heavy atom. The van der Waals surface area contributed by atoms with Gasteiger partial charge in [-0.15, -0.1) is 0 Å². The van der Waals surface area contributed by atoms with Gasteiger partial charge in [-0.25, -0.2) is 4.79 Å². The topological polar surface area (TPSA) is 77.9 Å². The third kappa shape index (κ3) is 5.57. The Kier molecular flexibility index (Phi) is 8.43. The molecule has 38 heavy (non-hydrogen) atoms. The molecule has 3 amide bonds. The van der Waals surface area contributed by atoms with Crippen LogP contribution in [0.3, 0.4) is 0 Å². The number of halogens is 2. The normalized spacial score (nSPS) is 29.3. The molecule has 0 unspecified atom stereocenters. The van der Waals surface area contributed by atoms with Gasteiger partial charge in [0.25, 0.3) is 5.91 Å². The summed E-state index contributed by atoms with van der Waals surface area (Å²) in [5.74, 6) is 0.214. The number of rotatable bonds is 3. The van der Waals surface area contributed by atoms with E-state index in [0.717, 1.165) is 61.4 Å². The standard InChI is InChI=1S/C16H19ClN2O2.C14H17ClO2/c1-18-14(20)16(19(2)15(18)21)9-7-12(8-10-16)11-3-5-13(17)6-4-11;1-14(13(16)17)8-6-11(7-9-14)10-2-4-12(15)5-3-10/h3-6,12H,7-10H2,1-2H3;2-5,11H,6-9H2,1H3,(H,16,17). The Balaban J connectivity index is 0.000000181. The number of carboxylic acids is 1. The zero-order chi connectivity index (χ0) is 27.7. The highest BCUT2D eigenvalue weighted by atomic mass is 35.5. The highest BCUT2D eigenvalue weighted by molar-refractivity contribution is 6.30. The third-order valence-corrected chi connectivity index (χ3v) is 9.52. The summed E-state index contributed by atoms with van der Waals surface area (Å²) in [7, 11) is 3.31. The van der Waals surface area contributed by atoms with E-state index in [4.69, 9.17) is 23.2 Å². The van der Waals surface area contributed by atoms with Crippen molar-refractivity contribution in [3.8, 4) is 0 Å². The molecule has 2 aromatic carbocycles. The van der Waals surface area contributed by atoms with E-state index < -0.39 is 16.9 Å². The van der Waals surface area contributed by atoms with Crippen LogP contribution in [0.1, 0.15) is 81.3 Å². The Labute approximate surface area is 234 Å². The molecule has 1 heterocycles. The molecule has 3 aliphatic rings. The molecule has 1 saturated heterocycles. The van der Waals surface area contributed by atoms with Gasteiger partial charge in [-0.2, -0.15) is 0 Å². The van der Waals surface area contributed by atoms with Crippen LogP contribution < -0.4 is 0 Å². The quantitative estimate of drug-likeness (QED) is 0.399. The van der Waals surface area contributed by atoms with E-state index in [9.17, 15) is 19.5 Å². The Bertz CT molecular complexity index is 1170. The fourth-order valence-corrected chi connectivity index (χ4v) is 6.45. The third-order valence-electron chi connectivity index (χ3n) is 9.02. The molecule has 6 nitrogen and oxygen atoms in total. The molecule has 2 saturated carbocycles. The average Bonchev–Trinajstić information content (AvgIpc) is 3.07. The number of carbonyl (C=O) groups is 3. The summed E-state index contributed by atoms with van der Waals surface area (Å²) in [6.45, 7) is 1.85. The monoisotopic (exact) mass is 558 g/mol. The molecule has 1 spiro atoms. The first-order valence-corrected chi connectivity index (χ1v) is 14.0. The lowest BCUT2D eigenvalue weighted by atomic mass is 9.70. The summed E-state index contributed by atoms with van der Waals surface area (Å²) in [5, 5.41) is 10.7. The fraction of sp³-hybridized carbons (Fsp3) is 0.500. The number of nitrogens with zero attached hydrogens (tertiary/aromatic N) is 2. The number of likely N-dealkylation sites (N-methyl/N-ethyl adjacent to an activating group) is 2. The van der Waals surface area contributed by atoms with Crippen molar-refractivity contribution in [2.45, 2.75) is 75.7 Å². The molecular weight excluding hydrogens is 523 g/mol. The second-order valence-corrected chi connectivity index (χ2v) is 12.1. The summed E-state index contributed by atoms with van der Waals surface area (Å²) in [4.78, 5) is 38.5. The molecule has 0 aromatic heterocycles. The predicted octanol–water partition coefficient (Wildman–Crippen LogP) is 7.35. The number of carboxylic acid groups (broad SMARTS) is 1. The average molecular weight is 560 g/mol. The van der Waals surface area contributed by atoms with Crippen molar-refractivity contribution in [1.82, 2.24) is 9.80 Å². The van der Waals surface area contributed by atoms with Crippen LogP contribution in [-0.4, -0.2) is 52.4 Å². The molecular formula is C30H36Cl2N2O4. The molecule has 1 aliphatic heterocycles. The number of carbonyl (C=O) groups excluding carboxylic acids is 2. The van der Waals surface area contributed by atoms with Crippen LogP contribution in [0.2, 0.25) is 10.0 Å². The van der Waals surface area contributed by atoms with Crippen molar-refractivity contribution in [3.05, 3.63) is 69.7 Å². The summed E-state index contributed by atoms with van der Waals surface area (Å²) < 4.78 is 0. The molecule has 0 radical (unpaired) electrons. The second-order valence-electron chi connectivity index (χ2n) is 11.3. The lowest BCUT2D eigenvalue weighted by Crippen LogP contribution is -2.50. The first kappa shape index (κ1) is 28.4. The first-order valence-electron chi connectivity index (χ1n) is 13.3. The molecule has 0 atom stereocenters.